The van der Waals surface area contributed by atoms with Gasteiger partial charge in [0.05, 0.1) is 11.6 Å². The van der Waals surface area contributed by atoms with Gasteiger partial charge in [-0.25, -0.2) is 4.99 Å². The summed E-state index contributed by atoms with van der Waals surface area (Å²) in [5, 5.41) is 0. The van der Waals surface area contributed by atoms with Crippen LogP contribution < -0.4 is 5.73 Å². The van der Waals surface area contributed by atoms with Gasteiger partial charge in [0.15, 0.2) is 0 Å². The van der Waals surface area contributed by atoms with Gasteiger partial charge in [-0.2, -0.15) is 13.2 Å². The van der Waals surface area contributed by atoms with Crippen LogP contribution in [0, 0.1) is 0 Å². The molecule has 104 valence electrons. The molecule has 1 aromatic rings. The fourth-order valence-corrected chi connectivity index (χ4v) is 1.98. The van der Waals surface area contributed by atoms with Gasteiger partial charge >= 0.3 is 6.18 Å². The molecule has 1 aliphatic heterocycles. The van der Waals surface area contributed by atoms with Crippen LogP contribution in [0.5, 0.6) is 0 Å². The fraction of sp³-hybridized carbons (Fsp3) is 0.462. The molecule has 0 bridgehead atoms. The van der Waals surface area contributed by atoms with Gasteiger partial charge in [-0.05, 0) is 31.5 Å². The van der Waals surface area contributed by atoms with Gasteiger partial charge in [0, 0.05) is 5.56 Å². The maximum atomic E-state index is 12.9. The van der Waals surface area contributed by atoms with Gasteiger partial charge in [-0.1, -0.05) is 12.1 Å². The molecule has 0 amide bonds. The number of rotatable bonds is 4. The number of ether oxygens (including phenoxy) is 1. The molecule has 1 aromatic carbocycles. The number of aliphatic imine (C=N–C) groups is 1. The lowest BCUT2D eigenvalue weighted by Gasteiger charge is -2.11. The summed E-state index contributed by atoms with van der Waals surface area (Å²) in [7, 11) is 0. The zero-order valence-electron chi connectivity index (χ0n) is 10.3. The maximum Gasteiger partial charge on any atom is 0.417 e. The second-order valence-corrected chi connectivity index (χ2v) is 4.37. The summed E-state index contributed by atoms with van der Waals surface area (Å²) >= 11 is 0. The van der Waals surface area contributed by atoms with E-state index in [1.165, 1.54) is 12.1 Å². The van der Waals surface area contributed by atoms with Gasteiger partial charge in [0.25, 0.3) is 0 Å². The molecule has 2 N–H and O–H groups in total. The van der Waals surface area contributed by atoms with E-state index in [0.29, 0.717) is 13.2 Å². The Morgan fingerprint density at radius 1 is 1.32 bits per heavy atom. The molecule has 2 rings (SSSR count). The van der Waals surface area contributed by atoms with E-state index >= 15 is 0 Å². The highest BCUT2D eigenvalue weighted by Crippen LogP contribution is 2.33. The van der Waals surface area contributed by atoms with Crippen molar-refractivity contribution in [1.82, 2.24) is 0 Å². The first kappa shape index (κ1) is 13.9. The SMILES string of the molecule is NCCCC1COC(c2ccccc2C(F)(F)F)=N1. The standard InChI is InChI=1S/C13H15F3N2O/c14-13(15,16)11-6-2-1-5-10(11)12-18-9(8-19-12)4-3-7-17/h1-2,5-6,9H,3-4,7-8,17H2. The number of hydrogen-bond donors (Lipinski definition) is 1. The second-order valence-electron chi connectivity index (χ2n) is 4.37. The minimum Gasteiger partial charge on any atom is -0.475 e. The van der Waals surface area contributed by atoms with E-state index in [4.69, 9.17) is 10.5 Å². The normalized spacial score (nSPS) is 19.2. The van der Waals surface area contributed by atoms with Crippen LogP contribution in [-0.2, 0) is 10.9 Å². The lowest BCUT2D eigenvalue weighted by molar-refractivity contribution is -0.137. The Kier molecular flexibility index (Phi) is 4.09. The van der Waals surface area contributed by atoms with Crippen LogP contribution in [0.1, 0.15) is 24.0 Å². The van der Waals surface area contributed by atoms with E-state index in [9.17, 15) is 13.2 Å². The van der Waals surface area contributed by atoms with Crippen LogP contribution in [0.4, 0.5) is 13.2 Å². The Morgan fingerprint density at radius 3 is 2.74 bits per heavy atom. The molecule has 0 fully saturated rings. The van der Waals surface area contributed by atoms with E-state index in [2.05, 4.69) is 4.99 Å². The number of benzene rings is 1. The molecule has 6 heteroatoms. The minimum absolute atomic E-state index is 0.00486. The Labute approximate surface area is 109 Å². The van der Waals surface area contributed by atoms with Gasteiger partial charge in [0.1, 0.15) is 6.61 Å². The molecular weight excluding hydrogens is 257 g/mol. The molecule has 0 aromatic heterocycles. The van der Waals surface area contributed by atoms with Crippen molar-refractivity contribution in [2.75, 3.05) is 13.2 Å². The summed E-state index contributed by atoms with van der Waals surface area (Å²) in [6.45, 7) is 0.863. The first-order valence-electron chi connectivity index (χ1n) is 6.09. The molecule has 1 heterocycles. The third kappa shape index (κ3) is 3.26. The van der Waals surface area contributed by atoms with Crippen molar-refractivity contribution < 1.29 is 17.9 Å². The summed E-state index contributed by atoms with van der Waals surface area (Å²) in [4.78, 5) is 4.21. The molecule has 1 unspecified atom stereocenters. The van der Waals surface area contributed by atoms with Crippen molar-refractivity contribution in [3.63, 3.8) is 0 Å². The zero-order valence-corrected chi connectivity index (χ0v) is 10.3. The Hall–Kier alpha value is -1.56. The first-order chi connectivity index (χ1) is 9.02. The van der Waals surface area contributed by atoms with Crippen molar-refractivity contribution >= 4 is 5.90 Å². The molecular formula is C13H15F3N2O. The number of alkyl halides is 3. The minimum atomic E-state index is -4.40. The topological polar surface area (TPSA) is 47.6 Å². The average Bonchev–Trinajstić information content (AvgIpc) is 2.84. The van der Waals surface area contributed by atoms with Crippen LogP contribution in [0.2, 0.25) is 0 Å². The predicted molar refractivity (Wildman–Crippen MR) is 66.0 cm³/mol. The van der Waals surface area contributed by atoms with E-state index in [1.54, 1.807) is 6.07 Å². The molecule has 3 nitrogen and oxygen atoms in total. The van der Waals surface area contributed by atoms with Crippen LogP contribution in [-0.4, -0.2) is 25.1 Å². The summed E-state index contributed by atoms with van der Waals surface area (Å²) < 4.78 is 43.9. The predicted octanol–water partition coefficient (Wildman–Crippen LogP) is 2.59. The van der Waals surface area contributed by atoms with Crippen molar-refractivity contribution in [2.45, 2.75) is 25.1 Å². The van der Waals surface area contributed by atoms with E-state index in [-0.39, 0.29) is 17.5 Å². The van der Waals surface area contributed by atoms with Crippen LogP contribution in [0.15, 0.2) is 29.3 Å². The Morgan fingerprint density at radius 2 is 2.05 bits per heavy atom. The van der Waals surface area contributed by atoms with Crippen molar-refractivity contribution in [1.29, 1.82) is 0 Å². The molecule has 0 saturated carbocycles. The quantitative estimate of drug-likeness (QED) is 0.915. The monoisotopic (exact) mass is 272 g/mol. The van der Waals surface area contributed by atoms with Crippen molar-refractivity contribution in [3.05, 3.63) is 35.4 Å². The maximum absolute atomic E-state index is 12.9. The molecule has 1 atom stereocenters. The molecule has 0 aliphatic carbocycles. The van der Waals surface area contributed by atoms with E-state index in [0.717, 1.165) is 18.9 Å². The van der Waals surface area contributed by atoms with Crippen molar-refractivity contribution in [2.24, 2.45) is 10.7 Å². The van der Waals surface area contributed by atoms with Gasteiger partial charge < -0.3 is 10.5 Å². The van der Waals surface area contributed by atoms with Gasteiger partial charge in [-0.3, -0.25) is 0 Å². The second kappa shape index (κ2) is 5.61. The number of halogens is 3. The number of hydrogen-bond acceptors (Lipinski definition) is 3. The highest BCUT2D eigenvalue weighted by Gasteiger charge is 2.35. The molecule has 0 spiro atoms. The van der Waals surface area contributed by atoms with E-state index in [1.807, 2.05) is 0 Å². The Bertz CT molecular complexity index is 471. The lowest BCUT2D eigenvalue weighted by atomic mass is 10.1. The summed E-state index contributed by atoms with van der Waals surface area (Å²) in [5.41, 5.74) is 4.69. The summed E-state index contributed by atoms with van der Waals surface area (Å²) in [6, 6.07) is 5.22. The lowest BCUT2D eigenvalue weighted by Crippen LogP contribution is -2.13. The van der Waals surface area contributed by atoms with Crippen LogP contribution >= 0.6 is 0 Å². The van der Waals surface area contributed by atoms with Crippen LogP contribution in [0.3, 0.4) is 0 Å². The summed E-state index contributed by atoms with van der Waals surface area (Å²) in [5.74, 6) is 0.0787. The number of nitrogens with two attached hydrogens (primary N) is 1. The highest BCUT2D eigenvalue weighted by atomic mass is 19.4. The molecule has 1 aliphatic rings. The average molecular weight is 272 g/mol. The largest absolute Gasteiger partial charge is 0.475 e. The van der Waals surface area contributed by atoms with Gasteiger partial charge in [-0.15, -0.1) is 0 Å². The zero-order chi connectivity index (χ0) is 13.9. The van der Waals surface area contributed by atoms with Crippen molar-refractivity contribution in [3.8, 4) is 0 Å². The third-order valence-electron chi connectivity index (χ3n) is 2.92. The first-order valence-corrected chi connectivity index (χ1v) is 6.09. The Balaban J connectivity index is 2.24. The summed E-state index contributed by atoms with van der Waals surface area (Å²) in [6.07, 6.45) is -2.89. The smallest absolute Gasteiger partial charge is 0.417 e. The molecule has 0 radical (unpaired) electrons. The molecule has 0 saturated heterocycles. The van der Waals surface area contributed by atoms with Gasteiger partial charge in [0.2, 0.25) is 5.90 Å². The fourth-order valence-electron chi connectivity index (χ4n) is 1.98. The highest BCUT2D eigenvalue weighted by molar-refractivity contribution is 5.96. The third-order valence-corrected chi connectivity index (χ3v) is 2.92. The van der Waals surface area contributed by atoms with Crippen LogP contribution in [0.25, 0.3) is 0 Å². The molecule has 19 heavy (non-hydrogen) atoms. The van der Waals surface area contributed by atoms with E-state index < -0.39 is 11.7 Å². The number of nitrogens with zero attached hydrogens (tertiary/aromatic N) is 1.